The Hall–Kier alpha value is -5.12. The molecule has 9 aromatic rings. The lowest BCUT2D eigenvalue weighted by Gasteiger charge is -2.17. The Balaban J connectivity index is 1.31. The highest BCUT2D eigenvalue weighted by atomic mass is 28.3. The molecule has 0 atom stereocenters. The number of aromatic nitrogens is 2. The van der Waals surface area contributed by atoms with Gasteiger partial charge in [-0.15, -0.1) is 0 Å². The van der Waals surface area contributed by atoms with Crippen molar-refractivity contribution in [3.05, 3.63) is 140 Å². The van der Waals surface area contributed by atoms with Gasteiger partial charge < -0.3 is 9.13 Å². The third kappa shape index (κ3) is 3.66. The SMILES string of the molecule is C[Si](C)(C)c1ccc(-n2c3cccc4ccc5cc(-c6ccc7c(c6)c6ccccc6n7-c6ccccc6)cc2c5c43)cc1. The molecule has 210 valence electrons. The third-order valence-corrected chi connectivity index (χ3v) is 11.5. The van der Waals surface area contributed by atoms with E-state index in [1.54, 1.807) is 0 Å². The van der Waals surface area contributed by atoms with E-state index in [1.165, 1.54) is 82.1 Å². The van der Waals surface area contributed by atoms with Gasteiger partial charge in [0.15, 0.2) is 0 Å². The zero-order valence-electron chi connectivity index (χ0n) is 25.2. The van der Waals surface area contributed by atoms with Crippen LogP contribution < -0.4 is 5.19 Å². The summed E-state index contributed by atoms with van der Waals surface area (Å²) in [7, 11) is -1.39. The predicted octanol–water partition coefficient (Wildman–Crippen LogP) is 10.7. The van der Waals surface area contributed by atoms with E-state index >= 15 is 0 Å². The number of rotatable bonds is 4. The molecule has 0 saturated heterocycles. The van der Waals surface area contributed by atoms with Gasteiger partial charge in [-0.05, 0) is 82.6 Å². The fourth-order valence-electron chi connectivity index (χ4n) is 7.26. The van der Waals surface area contributed by atoms with Crippen LogP contribution in [0.15, 0.2) is 140 Å². The van der Waals surface area contributed by atoms with Gasteiger partial charge in [0.2, 0.25) is 0 Å². The monoisotopic (exact) mass is 580 g/mol. The lowest BCUT2D eigenvalue weighted by Crippen LogP contribution is -2.37. The van der Waals surface area contributed by atoms with Gasteiger partial charge in [-0.1, -0.05) is 104 Å². The Bertz CT molecular complexity index is 2510. The van der Waals surface area contributed by atoms with Crippen LogP contribution in [0.25, 0.3) is 76.9 Å². The van der Waals surface area contributed by atoms with Crippen molar-refractivity contribution in [2.75, 3.05) is 0 Å². The van der Waals surface area contributed by atoms with Crippen LogP contribution in [0.2, 0.25) is 19.6 Å². The molecule has 9 rings (SSSR count). The molecule has 0 aliphatic rings. The molecule has 0 unspecified atom stereocenters. The van der Waals surface area contributed by atoms with E-state index in [9.17, 15) is 0 Å². The summed E-state index contributed by atoms with van der Waals surface area (Å²) in [5, 5.41) is 9.30. The summed E-state index contributed by atoms with van der Waals surface area (Å²) < 4.78 is 4.86. The highest BCUT2D eigenvalue weighted by Gasteiger charge is 2.20. The number of fused-ring (bicyclic) bond motifs is 3. The topological polar surface area (TPSA) is 9.86 Å². The van der Waals surface area contributed by atoms with E-state index in [0.29, 0.717) is 0 Å². The Morgan fingerprint density at radius 1 is 0.409 bits per heavy atom. The fraction of sp³-hybridized carbons (Fsp3) is 0.0732. The minimum absolute atomic E-state index is 1.18. The first kappa shape index (κ1) is 25.4. The molecule has 2 heterocycles. The van der Waals surface area contributed by atoms with Gasteiger partial charge in [0, 0.05) is 32.9 Å². The van der Waals surface area contributed by atoms with E-state index < -0.39 is 8.07 Å². The number of nitrogens with zero attached hydrogens (tertiary/aromatic N) is 2. The van der Waals surface area contributed by atoms with E-state index in [2.05, 4.69) is 168 Å². The molecule has 0 spiro atoms. The summed E-state index contributed by atoms with van der Waals surface area (Å²) in [6.45, 7) is 7.24. The normalized spacial score (nSPS) is 12.4. The molecule has 0 N–H and O–H groups in total. The minimum atomic E-state index is -1.39. The van der Waals surface area contributed by atoms with Gasteiger partial charge in [-0.2, -0.15) is 0 Å². The Morgan fingerprint density at radius 2 is 1.07 bits per heavy atom. The summed E-state index contributed by atoms with van der Waals surface area (Å²) in [6.07, 6.45) is 0. The molecule has 0 fully saturated rings. The molecule has 2 aromatic heterocycles. The zero-order chi connectivity index (χ0) is 29.6. The van der Waals surface area contributed by atoms with Crippen molar-refractivity contribution in [3.63, 3.8) is 0 Å². The third-order valence-electron chi connectivity index (χ3n) is 9.41. The summed E-state index contributed by atoms with van der Waals surface area (Å²) >= 11 is 0. The first-order chi connectivity index (χ1) is 21.5. The van der Waals surface area contributed by atoms with Crippen molar-refractivity contribution in [1.29, 1.82) is 0 Å². The van der Waals surface area contributed by atoms with Crippen LogP contribution in [-0.2, 0) is 0 Å². The minimum Gasteiger partial charge on any atom is -0.309 e. The van der Waals surface area contributed by atoms with Crippen LogP contribution in [-0.4, -0.2) is 17.2 Å². The second-order valence-electron chi connectivity index (χ2n) is 13.1. The molecule has 3 heteroatoms. The van der Waals surface area contributed by atoms with Crippen LogP contribution in [0.5, 0.6) is 0 Å². The maximum Gasteiger partial charge on any atom is 0.0775 e. The van der Waals surface area contributed by atoms with E-state index in [4.69, 9.17) is 0 Å². The summed E-state index contributed by atoms with van der Waals surface area (Å²) in [5.41, 5.74) is 9.86. The Kier molecular flexibility index (Phi) is 5.30. The molecule has 0 aliphatic heterocycles. The molecular formula is C41H32N2Si. The Labute approximate surface area is 257 Å². The number of hydrogen-bond donors (Lipinski definition) is 0. The molecule has 0 saturated carbocycles. The maximum absolute atomic E-state index is 2.47. The van der Waals surface area contributed by atoms with Crippen molar-refractivity contribution in [2.45, 2.75) is 19.6 Å². The van der Waals surface area contributed by atoms with Crippen molar-refractivity contribution < 1.29 is 0 Å². The summed E-state index contributed by atoms with van der Waals surface area (Å²) in [6, 6.07) is 51.8. The van der Waals surface area contributed by atoms with Gasteiger partial charge in [0.25, 0.3) is 0 Å². The summed E-state index contributed by atoms with van der Waals surface area (Å²) in [5.74, 6) is 0. The molecule has 0 radical (unpaired) electrons. The molecule has 44 heavy (non-hydrogen) atoms. The molecule has 7 aromatic carbocycles. The molecule has 0 aliphatic carbocycles. The standard InChI is InChI=1S/C41H32N2Si/c1-44(2,3)33-21-19-32(20-22-33)43-38-15-9-10-27-16-17-29-24-30(26-39(43)41(29)40(27)38)28-18-23-37-35(25-28)34-13-7-8-14-36(34)42(37)31-11-5-4-6-12-31/h4-26H,1-3H3. The van der Waals surface area contributed by atoms with Crippen LogP contribution >= 0.6 is 0 Å². The quantitative estimate of drug-likeness (QED) is 0.145. The van der Waals surface area contributed by atoms with Crippen LogP contribution in [0.3, 0.4) is 0 Å². The number of hydrogen-bond acceptors (Lipinski definition) is 0. The second-order valence-corrected chi connectivity index (χ2v) is 18.2. The molecular weight excluding hydrogens is 549 g/mol. The van der Waals surface area contributed by atoms with E-state index in [-0.39, 0.29) is 0 Å². The van der Waals surface area contributed by atoms with Gasteiger partial charge in [0.05, 0.1) is 30.1 Å². The van der Waals surface area contributed by atoms with Gasteiger partial charge in [0.1, 0.15) is 0 Å². The van der Waals surface area contributed by atoms with Crippen molar-refractivity contribution in [3.8, 4) is 22.5 Å². The Morgan fingerprint density at radius 3 is 1.89 bits per heavy atom. The fourth-order valence-corrected chi connectivity index (χ4v) is 8.42. The number of para-hydroxylation sites is 2. The molecule has 0 bridgehead atoms. The smallest absolute Gasteiger partial charge is 0.0775 e. The zero-order valence-corrected chi connectivity index (χ0v) is 26.2. The van der Waals surface area contributed by atoms with Gasteiger partial charge >= 0.3 is 0 Å². The van der Waals surface area contributed by atoms with E-state index in [0.717, 1.165) is 0 Å². The summed E-state index contributed by atoms with van der Waals surface area (Å²) in [4.78, 5) is 0. The molecule has 2 nitrogen and oxygen atoms in total. The lowest BCUT2D eigenvalue weighted by molar-refractivity contribution is 1.18. The first-order valence-corrected chi connectivity index (χ1v) is 18.9. The largest absolute Gasteiger partial charge is 0.309 e. The molecule has 0 amide bonds. The highest BCUT2D eigenvalue weighted by Crippen LogP contribution is 2.42. The van der Waals surface area contributed by atoms with Crippen molar-refractivity contribution in [2.24, 2.45) is 0 Å². The van der Waals surface area contributed by atoms with Crippen molar-refractivity contribution in [1.82, 2.24) is 9.13 Å². The second kappa shape index (κ2) is 9.19. The van der Waals surface area contributed by atoms with Gasteiger partial charge in [-0.3, -0.25) is 0 Å². The first-order valence-electron chi connectivity index (χ1n) is 15.4. The predicted molar refractivity (Wildman–Crippen MR) is 192 cm³/mol. The average Bonchev–Trinajstić information content (AvgIpc) is 3.57. The van der Waals surface area contributed by atoms with Crippen LogP contribution in [0.4, 0.5) is 0 Å². The number of benzene rings is 7. The van der Waals surface area contributed by atoms with E-state index in [1.807, 2.05) is 0 Å². The van der Waals surface area contributed by atoms with Crippen LogP contribution in [0.1, 0.15) is 0 Å². The van der Waals surface area contributed by atoms with Crippen LogP contribution in [0, 0.1) is 0 Å². The lowest BCUT2D eigenvalue weighted by atomic mass is 9.96. The maximum atomic E-state index is 2.47. The van der Waals surface area contributed by atoms with Crippen molar-refractivity contribution >= 4 is 67.6 Å². The highest BCUT2D eigenvalue weighted by molar-refractivity contribution is 6.88. The van der Waals surface area contributed by atoms with Gasteiger partial charge in [-0.25, -0.2) is 0 Å². The average molecular weight is 581 g/mol.